The quantitative estimate of drug-likeness (QED) is 0.872. The van der Waals surface area contributed by atoms with Crippen molar-refractivity contribution in [1.29, 1.82) is 0 Å². The molecule has 3 rings (SSSR count). The Morgan fingerprint density at radius 3 is 2.89 bits per heavy atom. The summed E-state index contributed by atoms with van der Waals surface area (Å²) in [5.41, 5.74) is 1.88. The smallest absolute Gasteiger partial charge is 0.156 e. The van der Waals surface area contributed by atoms with Gasteiger partial charge in [0.05, 0.1) is 7.11 Å². The SMILES string of the molecule is COc1ccc(Br)c2c1nnn2CC1CCCC1. The number of hydrogen-bond donors (Lipinski definition) is 0. The minimum atomic E-state index is 0.744. The van der Waals surface area contributed by atoms with Crippen molar-refractivity contribution in [3.63, 3.8) is 0 Å². The number of fused-ring (bicyclic) bond motifs is 1. The van der Waals surface area contributed by atoms with Crippen molar-refractivity contribution in [1.82, 2.24) is 15.0 Å². The summed E-state index contributed by atoms with van der Waals surface area (Å²) in [6, 6.07) is 3.91. The van der Waals surface area contributed by atoms with Crippen LogP contribution in [0.1, 0.15) is 25.7 Å². The molecule has 0 spiro atoms. The molecule has 1 fully saturated rings. The van der Waals surface area contributed by atoms with Crippen LogP contribution in [0.3, 0.4) is 0 Å². The van der Waals surface area contributed by atoms with Crippen molar-refractivity contribution in [2.24, 2.45) is 5.92 Å². The van der Waals surface area contributed by atoms with Gasteiger partial charge in [-0.05, 0) is 46.8 Å². The van der Waals surface area contributed by atoms with Crippen LogP contribution in [0, 0.1) is 5.92 Å². The summed E-state index contributed by atoms with van der Waals surface area (Å²) in [6.45, 7) is 0.961. The van der Waals surface area contributed by atoms with Gasteiger partial charge in [0.25, 0.3) is 0 Å². The standard InChI is InChI=1S/C13H16BrN3O/c1-18-11-7-6-10(14)13-12(11)15-16-17(13)8-9-4-2-3-5-9/h6-7,9H,2-5,8H2,1H3. The largest absolute Gasteiger partial charge is 0.494 e. The van der Waals surface area contributed by atoms with E-state index in [9.17, 15) is 0 Å². The van der Waals surface area contributed by atoms with Crippen LogP contribution in [0.15, 0.2) is 16.6 Å². The highest BCUT2D eigenvalue weighted by Crippen LogP contribution is 2.32. The zero-order valence-electron chi connectivity index (χ0n) is 10.4. The van der Waals surface area contributed by atoms with Crippen molar-refractivity contribution in [2.75, 3.05) is 7.11 Å². The molecule has 1 aliphatic rings. The van der Waals surface area contributed by atoms with Crippen molar-refractivity contribution >= 4 is 27.0 Å². The van der Waals surface area contributed by atoms with Crippen LogP contribution < -0.4 is 4.74 Å². The molecule has 96 valence electrons. The van der Waals surface area contributed by atoms with E-state index in [0.29, 0.717) is 0 Å². The molecule has 0 aliphatic heterocycles. The summed E-state index contributed by atoms with van der Waals surface area (Å²) in [7, 11) is 1.67. The average molecular weight is 310 g/mol. The maximum Gasteiger partial charge on any atom is 0.156 e. The zero-order chi connectivity index (χ0) is 12.5. The highest BCUT2D eigenvalue weighted by molar-refractivity contribution is 9.10. The predicted octanol–water partition coefficient (Wildman–Crippen LogP) is 3.39. The highest BCUT2D eigenvalue weighted by Gasteiger charge is 2.19. The molecule has 1 aromatic heterocycles. The summed E-state index contributed by atoms with van der Waals surface area (Å²) in [5, 5.41) is 8.54. The maximum atomic E-state index is 5.33. The molecule has 0 amide bonds. The van der Waals surface area contributed by atoms with Crippen LogP contribution in [-0.4, -0.2) is 22.1 Å². The van der Waals surface area contributed by atoms with Gasteiger partial charge in [0.2, 0.25) is 0 Å². The molecule has 1 aromatic carbocycles. The number of nitrogens with zero attached hydrogens (tertiary/aromatic N) is 3. The van der Waals surface area contributed by atoms with Crippen LogP contribution in [-0.2, 0) is 6.54 Å². The molecule has 0 atom stereocenters. The van der Waals surface area contributed by atoms with E-state index in [-0.39, 0.29) is 0 Å². The minimum absolute atomic E-state index is 0.744. The molecule has 0 saturated heterocycles. The van der Waals surface area contributed by atoms with Crippen LogP contribution in [0.4, 0.5) is 0 Å². The van der Waals surface area contributed by atoms with Gasteiger partial charge in [-0.3, -0.25) is 0 Å². The van der Waals surface area contributed by atoms with E-state index in [1.54, 1.807) is 7.11 Å². The van der Waals surface area contributed by atoms with E-state index >= 15 is 0 Å². The van der Waals surface area contributed by atoms with Gasteiger partial charge in [-0.15, -0.1) is 5.10 Å². The summed E-state index contributed by atoms with van der Waals surface area (Å²) in [4.78, 5) is 0. The third-order valence-corrected chi connectivity index (χ3v) is 4.34. The Kier molecular flexibility index (Phi) is 3.24. The molecule has 0 radical (unpaired) electrons. The number of benzene rings is 1. The van der Waals surface area contributed by atoms with E-state index < -0.39 is 0 Å². The number of methoxy groups -OCH3 is 1. The Hall–Kier alpha value is -1.10. The highest BCUT2D eigenvalue weighted by atomic mass is 79.9. The molecule has 0 N–H and O–H groups in total. The van der Waals surface area contributed by atoms with Gasteiger partial charge in [0, 0.05) is 11.0 Å². The molecule has 1 heterocycles. The third kappa shape index (κ3) is 2.00. The molecule has 0 unspecified atom stereocenters. The molecule has 4 nitrogen and oxygen atoms in total. The molecule has 5 heteroatoms. The monoisotopic (exact) mass is 309 g/mol. The number of rotatable bonds is 3. The Morgan fingerprint density at radius 2 is 2.17 bits per heavy atom. The average Bonchev–Trinajstić information content (AvgIpc) is 3.01. The van der Waals surface area contributed by atoms with Gasteiger partial charge >= 0.3 is 0 Å². The van der Waals surface area contributed by atoms with Gasteiger partial charge in [0.1, 0.15) is 11.3 Å². The van der Waals surface area contributed by atoms with Crippen molar-refractivity contribution in [3.05, 3.63) is 16.6 Å². The molecule has 2 aromatic rings. The van der Waals surface area contributed by atoms with Crippen LogP contribution in [0.25, 0.3) is 11.0 Å². The first kappa shape index (κ1) is 12.0. The molecule has 18 heavy (non-hydrogen) atoms. The number of hydrogen-bond acceptors (Lipinski definition) is 3. The number of ether oxygens (including phenoxy) is 1. The third-order valence-electron chi connectivity index (χ3n) is 3.70. The summed E-state index contributed by atoms with van der Waals surface area (Å²) >= 11 is 3.58. The summed E-state index contributed by atoms with van der Waals surface area (Å²) in [6.07, 6.45) is 5.31. The molecule has 1 saturated carbocycles. The topological polar surface area (TPSA) is 39.9 Å². The Balaban J connectivity index is 2.01. The van der Waals surface area contributed by atoms with Gasteiger partial charge in [0.15, 0.2) is 5.52 Å². The summed E-state index contributed by atoms with van der Waals surface area (Å²) < 4.78 is 8.37. The maximum absolute atomic E-state index is 5.33. The predicted molar refractivity (Wildman–Crippen MR) is 73.7 cm³/mol. The van der Waals surface area contributed by atoms with E-state index in [1.165, 1.54) is 25.7 Å². The first-order valence-corrected chi connectivity index (χ1v) is 7.14. The van der Waals surface area contributed by atoms with E-state index in [1.807, 2.05) is 16.8 Å². The zero-order valence-corrected chi connectivity index (χ0v) is 12.0. The first-order chi connectivity index (χ1) is 8.79. The Bertz CT molecular complexity index is 561. The van der Waals surface area contributed by atoms with Crippen LogP contribution in [0.2, 0.25) is 0 Å². The Labute approximate surface area is 114 Å². The normalized spacial score (nSPS) is 16.6. The lowest BCUT2D eigenvalue weighted by Gasteiger charge is -2.10. The van der Waals surface area contributed by atoms with E-state index in [2.05, 4.69) is 26.2 Å². The molecule has 1 aliphatic carbocycles. The molecular formula is C13H16BrN3O. The van der Waals surface area contributed by atoms with Gasteiger partial charge in [-0.2, -0.15) is 0 Å². The van der Waals surface area contributed by atoms with Gasteiger partial charge in [-0.1, -0.05) is 18.1 Å². The van der Waals surface area contributed by atoms with Gasteiger partial charge in [-0.25, -0.2) is 4.68 Å². The van der Waals surface area contributed by atoms with Crippen molar-refractivity contribution in [2.45, 2.75) is 32.2 Å². The number of halogens is 1. The Morgan fingerprint density at radius 1 is 1.39 bits per heavy atom. The lowest BCUT2D eigenvalue weighted by atomic mass is 10.1. The minimum Gasteiger partial charge on any atom is -0.494 e. The van der Waals surface area contributed by atoms with E-state index in [4.69, 9.17) is 4.74 Å². The van der Waals surface area contributed by atoms with E-state index in [0.717, 1.165) is 33.7 Å². The van der Waals surface area contributed by atoms with Crippen molar-refractivity contribution < 1.29 is 4.74 Å². The lowest BCUT2D eigenvalue weighted by molar-refractivity contribution is 0.418. The second-order valence-electron chi connectivity index (χ2n) is 4.87. The first-order valence-electron chi connectivity index (χ1n) is 6.35. The second-order valence-corrected chi connectivity index (χ2v) is 5.72. The molecular weight excluding hydrogens is 294 g/mol. The number of aromatic nitrogens is 3. The van der Waals surface area contributed by atoms with Crippen molar-refractivity contribution in [3.8, 4) is 5.75 Å². The fourth-order valence-electron chi connectivity index (χ4n) is 2.75. The van der Waals surface area contributed by atoms with Gasteiger partial charge < -0.3 is 4.74 Å². The lowest BCUT2D eigenvalue weighted by Crippen LogP contribution is -2.09. The fourth-order valence-corrected chi connectivity index (χ4v) is 3.28. The fraction of sp³-hybridized carbons (Fsp3) is 0.538. The second kappa shape index (κ2) is 4.88. The molecule has 0 bridgehead atoms. The van der Waals surface area contributed by atoms with Crippen LogP contribution in [0.5, 0.6) is 5.75 Å². The summed E-state index contributed by atoms with van der Waals surface area (Å²) in [5.74, 6) is 1.53. The van der Waals surface area contributed by atoms with Crippen LogP contribution >= 0.6 is 15.9 Å².